The largest absolute Gasteiger partial charge is 0.305 e. The fourth-order valence-electron chi connectivity index (χ4n) is 1.86. The predicted octanol–water partition coefficient (Wildman–Crippen LogP) is 4.89. The summed E-state index contributed by atoms with van der Waals surface area (Å²) < 4.78 is 14.0. The minimum Gasteiger partial charge on any atom is -0.305 e. The lowest BCUT2D eigenvalue weighted by molar-refractivity contribution is 0.520. The van der Waals surface area contributed by atoms with Crippen LogP contribution in [-0.4, -0.2) is 0 Å². The van der Waals surface area contributed by atoms with Crippen LogP contribution in [0.2, 0.25) is 0 Å². The number of nitrogens with one attached hydrogen (secondary N) is 1. The van der Waals surface area contributed by atoms with Crippen LogP contribution in [0.25, 0.3) is 0 Å². The summed E-state index contributed by atoms with van der Waals surface area (Å²) >= 11 is 5.19. The van der Waals surface area contributed by atoms with Crippen molar-refractivity contribution < 1.29 is 4.39 Å². The number of benzene rings is 1. The Kier molecular flexibility index (Phi) is 4.92. The van der Waals surface area contributed by atoms with Gasteiger partial charge in [0.1, 0.15) is 5.82 Å². The van der Waals surface area contributed by atoms with Gasteiger partial charge in [-0.1, -0.05) is 19.1 Å². The molecule has 0 bridgehead atoms. The van der Waals surface area contributed by atoms with Crippen molar-refractivity contribution >= 4 is 27.3 Å². The van der Waals surface area contributed by atoms with Crippen LogP contribution in [0.3, 0.4) is 0 Å². The van der Waals surface area contributed by atoms with E-state index in [0.717, 1.165) is 22.3 Å². The van der Waals surface area contributed by atoms with E-state index >= 15 is 0 Å². The summed E-state index contributed by atoms with van der Waals surface area (Å²) in [6, 6.07) is 11.2. The zero-order valence-corrected chi connectivity index (χ0v) is 12.5. The van der Waals surface area contributed by atoms with E-state index in [2.05, 4.69) is 40.3 Å². The topological polar surface area (TPSA) is 12.0 Å². The molecule has 0 radical (unpaired) electrons. The normalized spacial score (nSPS) is 12.6. The van der Waals surface area contributed by atoms with Gasteiger partial charge in [-0.15, -0.1) is 11.3 Å². The van der Waals surface area contributed by atoms with Gasteiger partial charge in [-0.25, -0.2) is 4.39 Å². The third kappa shape index (κ3) is 3.64. The van der Waals surface area contributed by atoms with Crippen molar-refractivity contribution in [1.29, 1.82) is 0 Å². The molecule has 2 aromatic rings. The van der Waals surface area contributed by atoms with Crippen molar-refractivity contribution in [2.75, 3.05) is 0 Å². The molecule has 96 valence electrons. The lowest BCUT2D eigenvalue weighted by atomic mass is 10.0. The van der Waals surface area contributed by atoms with E-state index in [0.29, 0.717) is 0 Å². The standard InChI is InChI=1S/C14H15BrFNS/c1-2-13(10-3-5-11(16)6-4-10)17-9-12-7-8-14(15)18-12/h3-8,13,17H,2,9H2,1H3. The summed E-state index contributed by atoms with van der Waals surface area (Å²) in [7, 11) is 0. The monoisotopic (exact) mass is 327 g/mol. The molecule has 2 rings (SSSR count). The Morgan fingerprint density at radius 1 is 1.22 bits per heavy atom. The van der Waals surface area contributed by atoms with Crippen LogP contribution < -0.4 is 5.32 Å². The van der Waals surface area contributed by atoms with Gasteiger partial charge in [-0.05, 0) is 52.2 Å². The zero-order valence-electron chi connectivity index (χ0n) is 10.1. The van der Waals surface area contributed by atoms with Crippen LogP contribution in [0.1, 0.15) is 29.8 Å². The minimum atomic E-state index is -0.184. The Morgan fingerprint density at radius 3 is 2.50 bits per heavy atom. The first-order valence-corrected chi connectivity index (χ1v) is 7.53. The third-order valence-electron chi connectivity index (χ3n) is 2.83. The van der Waals surface area contributed by atoms with Gasteiger partial charge in [0.2, 0.25) is 0 Å². The highest BCUT2D eigenvalue weighted by molar-refractivity contribution is 9.11. The van der Waals surface area contributed by atoms with Gasteiger partial charge in [-0.2, -0.15) is 0 Å². The SMILES string of the molecule is CCC(NCc1ccc(Br)s1)c1ccc(F)cc1. The van der Waals surface area contributed by atoms with Gasteiger partial charge < -0.3 is 5.32 Å². The smallest absolute Gasteiger partial charge is 0.123 e. The maximum Gasteiger partial charge on any atom is 0.123 e. The lowest BCUT2D eigenvalue weighted by Gasteiger charge is -2.16. The Morgan fingerprint density at radius 2 is 1.94 bits per heavy atom. The molecule has 1 heterocycles. The lowest BCUT2D eigenvalue weighted by Crippen LogP contribution is -2.19. The minimum absolute atomic E-state index is 0.184. The molecule has 1 unspecified atom stereocenters. The highest BCUT2D eigenvalue weighted by Gasteiger charge is 2.09. The van der Waals surface area contributed by atoms with Gasteiger partial charge in [0.15, 0.2) is 0 Å². The zero-order chi connectivity index (χ0) is 13.0. The van der Waals surface area contributed by atoms with Crippen molar-refractivity contribution in [2.24, 2.45) is 0 Å². The molecule has 0 spiro atoms. The van der Waals surface area contributed by atoms with Crippen LogP contribution in [0.15, 0.2) is 40.2 Å². The molecule has 0 amide bonds. The highest BCUT2D eigenvalue weighted by Crippen LogP contribution is 2.23. The second kappa shape index (κ2) is 6.45. The quantitative estimate of drug-likeness (QED) is 0.824. The molecule has 1 atom stereocenters. The molecule has 1 nitrogen and oxygen atoms in total. The molecule has 0 aliphatic heterocycles. The average molecular weight is 328 g/mol. The van der Waals surface area contributed by atoms with E-state index in [1.54, 1.807) is 11.3 Å². The van der Waals surface area contributed by atoms with E-state index in [-0.39, 0.29) is 11.9 Å². The van der Waals surface area contributed by atoms with Gasteiger partial charge in [0, 0.05) is 17.5 Å². The molecule has 1 N–H and O–H groups in total. The van der Waals surface area contributed by atoms with Gasteiger partial charge in [-0.3, -0.25) is 0 Å². The molecule has 4 heteroatoms. The van der Waals surface area contributed by atoms with Crippen LogP contribution >= 0.6 is 27.3 Å². The van der Waals surface area contributed by atoms with E-state index in [1.807, 2.05) is 12.1 Å². The molecule has 1 aromatic carbocycles. The Balaban J connectivity index is 1.99. The molecule has 18 heavy (non-hydrogen) atoms. The van der Waals surface area contributed by atoms with Crippen molar-refractivity contribution in [3.05, 3.63) is 56.4 Å². The van der Waals surface area contributed by atoms with Crippen molar-refractivity contribution in [2.45, 2.75) is 25.9 Å². The van der Waals surface area contributed by atoms with Crippen molar-refractivity contribution in [3.63, 3.8) is 0 Å². The molecule has 0 aliphatic carbocycles. The summed E-state index contributed by atoms with van der Waals surface area (Å²) in [5.74, 6) is -0.184. The van der Waals surface area contributed by atoms with Crippen LogP contribution in [0.5, 0.6) is 0 Å². The maximum absolute atomic E-state index is 12.9. The Hall–Kier alpha value is -0.710. The second-order valence-corrected chi connectivity index (χ2v) is 6.65. The number of hydrogen-bond acceptors (Lipinski definition) is 2. The first-order chi connectivity index (χ1) is 8.69. The summed E-state index contributed by atoms with van der Waals surface area (Å²) in [6.45, 7) is 2.97. The van der Waals surface area contributed by atoms with Gasteiger partial charge >= 0.3 is 0 Å². The Bertz CT molecular complexity index is 495. The van der Waals surface area contributed by atoms with E-state index < -0.39 is 0 Å². The van der Waals surface area contributed by atoms with Crippen molar-refractivity contribution in [1.82, 2.24) is 5.32 Å². The summed E-state index contributed by atoms with van der Waals surface area (Å²) in [4.78, 5) is 1.29. The number of thiophene rings is 1. The van der Waals surface area contributed by atoms with Crippen LogP contribution in [0, 0.1) is 5.82 Å². The van der Waals surface area contributed by atoms with Gasteiger partial charge in [0.05, 0.1) is 3.79 Å². The predicted molar refractivity (Wildman–Crippen MR) is 78.3 cm³/mol. The van der Waals surface area contributed by atoms with Gasteiger partial charge in [0.25, 0.3) is 0 Å². The molecular weight excluding hydrogens is 313 g/mol. The second-order valence-electron chi connectivity index (χ2n) is 4.10. The van der Waals surface area contributed by atoms with E-state index in [9.17, 15) is 4.39 Å². The first-order valence-electron chi connectivity index (χ1n) is 5.92. The number of halogens is 2. The number of rotatable bonds is 5. The maximum atomic E-state index is 12.9. The van der Waals surface area contributed by atoms with E-state index in [1.165, 1.54) is 17.0 Å². The summed E-state index contributed by atoms with van der Waals surface area (Å²) in [5, 5.41) is 3.50. The summed E-state index contributed by atoms with van der Waals surface area (Å²) in [5.41, 5.74) is 1.13. The molecule has 0 fully saturated rings. The molecule has 0 saturated carbocycles. The van der Waals surface area contributed by atoms with Crippen molar-refractivity contribution in [3.8, 4) is 0 Å². The summed E-state index contributed by atoms with van der Waals surface area (Å²) in [6.07, 6.45) is 0.984. The number of hydrogen-bond donors (Lipinski definition) is 1. The first kappa shape index (κ1) is 13.7. The Labute approximate surface area is 119 Å². The highest BCUT2D eigenvalue weighted by atomic mass is 79.9. The molecule has 0 saturated heterocycles. The van der Waals surface area contributed by atoms with Crippen LogP contribution in [0.4, 0.5) is 4.39 Å². The fourth-order valence-corrected chi connectivity index (χ4v) is 3.30. The average Bonchev–Trinajstić information content (AvgIpc) is 2.78. The fraction of sp³-hybridized carbons (Fsp3) is 0.286. The molecule has 0 aliphatic rings. The molecule has 1 aromatic heterocycles. The molecular formula is C14H15BrFNS. The van der Waals surface area contributed by atoms with E-state index in [4.69, 9.17) is 0 Å². The van der Waals surface area contributed by atoms with Crippen LogP contribution in [-0.2, 0) is 6.54 Å². The third-order valence-corrected chi connectivity index (χ3v) is 4.46.